The van der Waals surface area contributed by atoms with Crippen LogP contribution in [0.15, 0.2) is 12.1 Å². The molecular weight excluding hydrogens is 218 g/mol. The summed E-state index contributed by atoms with van der Waals surface area (Å²) in [6.45, 7) is 3.36. The maximum atomic E-state index is 10.7. The summed E-state index contributed by atoms with van der Waals surface area (Å²) in [5.41, 5.74) is 2.05. The van der Waals surface area contributed by atoms with Crippen LogP contribution in [0.2, 0.25) is 0 Å². The van der Waals surface area contributed by atoms with E-state index in [1.165, 1.54) is 6.07 Å². The van der Waals surface area contributed by atoms with Gasteiger partial charge in [-0.2, -0.15) is 0 Å². The molecule has 4 nitrogen and oxygen atoms in total. The van der Waals surface area contributed by atoms with Gasteiger partial charge in [-0.05, 0) is 42.6 Å². The maximum absolute atomic E-state index is 10.7. The lowest BCUT2D eigenvalue weighted by atomic mass is 10.0. The molecule has 5 heteroatoms. The van der Waals surface area contributed by atoms with Crippen LogP contribution in [0.4, 0.5) is 5.69 Å². The van der Waals surface area contributed by atoms with Gasteiger partial charge in [0.15, 0.2) is 0 Å². The lowest BCUT2D eigenvalue weighted by molar-refractivity contribution is -0.385. The number of hydrogen-bond acceptors (Lipinski definition) is 3. The van der Waals surface area contributed by atoms with Crippen LogP contribution < -0.4 is 0 Å². The third-order valence-corrected chi connectivity index (χ3v) is 2.31. The molecule has 1 rings (SSSR count). The molecule has 0 radical (unpaired) electrons. The fraction of sp³-hybridized carbons (Fsp3) is 0.300. The van der Waals surface area contributed by atoms with Crippen molar-refractivity contribution in [3.63, 3.8) is 0 Å². The van der Waals surface area contributed by atoms with Crippen LogP contribution in [0.3, 0.4) is 0 Å². The van der Waals surface area contributed by atoms with Crippen LogP contribution in [0, 0.1) is 24.0 Å². The SMILES string of the molecule is Cc1cc([N+](=O)[O-])c(C)cc1CC(=O)Cl. The number of carbonyl (C=O) groups is 1. The lowest BCUT2D eigenvalue weighted by Crippen LogP contribution is -2.00. The maximum Gasteiger partial charge on any atom is 0.272 e. The Balaban J connectivity index is 3.19. The second-order valence-corrected chi connectivity index (χ2v) is 3.78. The molecule has 80 valence electrons. The molecule has 0 bridgehead atoms. The van der Waals surface area contributed by atoms with Crippen molar-refractivity contribution in [2.24, 2.45) is 0 Å². The molecule has 0 atom stereocenters. The molecule has 0 aliphatic heterocycles. The van der Waals surface area contributed by atoms with E-state index in [0.717, 1.165) is 5.56 Å². The van der Waals surface area contributed by atoms with Crippen molar-refractivity contribution in [3.8, 4) is 0 Å². The summed E-state index contributed by atoms with van der Waals surface area (Å²) >= 11 is 5.27. The Bertz CT molecular complexity index is 429. The molecule has 0 amide bonds. The summed E-state index contributed by atoms with van der Waals surface area (Å²) in [5.74, 6) is 0. The average molecular weight is 228 g/mol. The monoisotopic (exact) mass is 227 g/mol. The zero-order chi connectivity index (χ0) is 11.6. The number of halogens is 1. The zero-order valence-corrected chi connectivity index (χ0v) is 9.17. The van der Waals surface area contributed by atoms with E-state index in [1.54, 1.807) is 19.9 Å². The first-order valence-corrected chi connectivity index (χ1v) is 4.72. The molecule has 1 aromatic rings. The molecular formula is C10H10ClNO3. The van der Waals surface area contributed by atoms with Gasteiger partial charge < -0.3 is 0 Å². The zero-order valence-electron chi connectivity index (χ0n) is 8.41. The van der Waals surface area contributed by atoms with Gasteiger partial charge in [0.2, 0.25) is 5.24 Å². The van der Waals surface area contributed by atoms with Crippen molar-refractivity contribution in [1.29, 1.82) is 0 Å². The van der Waals surface area contributed by atoms with E-state index in [-0.39, 0.29) is 12.1 Å². The summed E-state index contributed by atoms with van der Waals surface area (Å²) < 4.78 is 0. The summed E-state index contributed by atoms with van der Waals surface area (Å²) in [6.07, 6.45) is 0.103. The topological polar surface area (TPSA) is 60.2 Å². The van der Waals surface area contributed by atoms with Crippen molar-refractivity contribution in [2.45, 2.75) is 20.3 Å². The van der Waals surface area contributed by atoms with Crippen LogP contribution in [-0.2, 0) is 11.2 Å². The number of nitro benzene ring substituents is 1. The van der Waals surface area contributed by atoms with E-state index in [9.17, 15) is 14.9 Å². The Morgan fingerprint density at radius 1 is 1.40 bits per heavy atom. The summed E-state index contributed by atoms with van der Waals surface area (Å²) in [5, 5.41) is 10.2. The number of carbonyl (C=O) groups excluding carboxylic acids is 1. The number of rotatable bonds is 3. The van der Waals surface area contributed by atoms with Gasteiger partial charge >= 0.3 is 0 Å². The van der Waals surface area contributed by atoms with Crippen molar-refractivity contribution in [1.82, 2.24) is 0 Å². The van der Waals surface area contributed by atoms with Crippen LogP contribution >= 0.6 is 11.6 Å². The van der Waals surface area contributed by atoms with Crippen molar-refractivity contribution in [3.05, 3.63) is 38.9 Å². The van der Waals surface area contributed by atoms with Crippen LogP contribution in [0.5, 0.6) is 0 Å². The molecule has 0 heterocycles. The van der Waals surface area contributed by atoms with E-state index in [0.29, 0.717) is 11.1 Å². The fourth-order valence-electron chi connectivity index (χ4n) is 1.40. The minimum absolute atomic E-state index is 0.0678. The van der Waals surface area contributed by atoms with Crippen molar-refractivity contribution in [2.75, 3.05) is 0 Å². The van der Waals surface area contributed by atoms with E-state index < -0.39 is 10.2 Å². The van der Waals surface area contributed by atoms with Crippen LogP contribution in [-0.4, -0.2) is 10.2 Å². The van der Waals surface area contributed by atoms with Crippen LogP contribution in [0.1, 0.15) is 16.7 Å². The highest BCUT2D eigenvalue weighted by atomic mass is 35.5. The fourth-order valence-corrected chi connectivity index (χ4v) is 1.54. The van der Waals surface area contributed by atoms with Gasteiger partial charge in [-0.15, -0.1) is 0 Å². The Morgan fingerprint density at radius 3 is 2.47 bits per heavy atom. The largest absolute Gasteiger partial charge is 0.281 e. The quantitative estimate of drug-likeness (QED) is 0.453. The van der Waals surface area contributed by atoms with Gasteiger partial charge in [-0.25, -0.2) is 0 Å². The minimum atomic E-state index is -0.466. The van der Waals surface area contributed by atoms with E-state index >= 15 is 0 Å². The second-order valence-electron chi connectivity index (χ2n) is 3.35. The normalized spacial score (nSPS) is 10.1. The van der Waals surface area contributed by atoms with Gasteiger partial charge in [0, 0.05) is 18.1 Å². The molecule has 0 spiro atoms. The molecule has 15 heavy (non-hydrogen) atoms. The molecule has 0 fully saturated rings. The first kappa shape index (κ1) is 11.7. The molecule has 0 aromatic heterocycles. The van der Waals surface area contributed by atoms with Gasteiger partial charge in [-0.3, -0.25) is 14.9 Å². The number of aryl methyl sites for hydroxylation is 2. The summed E-state index contributed by atoms with van der Waals surface area (Å²) in [6, 6.07) is 3.10. The Labute approximate surface area is 92.0 Å². The summed E-state index contributed by atoms with van der Waals surface area (Å²) in [7, 11) is 0. The van der Waals surface area contributed by atoms with E-state index in [4.69, 9.17) is 11.6 Å². The van der Waals surface area contributed by atoms with E-state index in [1.807, 2.05) is 0 Å². The van der Waals surface area contributed by atoms with Gasteiger partial charge in [0.1, 0.15) is 0 Å². The lowest BCUT2D eigenvalue weighted by Gasteiger charge is -2.05. The Hall–Kier alpha value is -1.42. The minimum Gasteiger partial charge on any atom is -0.281 e. The first-order valence-electron chi connectivity index (χ1n) is 4.34. The predicted octanol–water partition coefficient (Wildman–Crippen LogP) is 2.52. The molecule has 1 aromatic carbocycles. The van der Waals surface area contributed by atoms with Crippen molar-refractivity contribution >= 4 is 22.5 Å². The highest BCUT2D eigenvalue weighted by molar-refractivity contribution is 6.63. The standard InChI is InChI=1S/C10H10ClNO3/c1-6-4-9(12(14)15)7(2)3-8(6)5-10(11)13/h3-4H,5H2,1-2H3. The van der Waals surface area contributed by atoms with Gasteiger partial charge in [0.25, 0.3) is 5.69 Å². The molecule has 0 N–H and O–H groups in total. The number of nitro groups is 1. The average Bonchev–Trinajstić information content (AvgIpc) is 2.09. The number of nitrogens with zero attached hydrogens (tertiary/aromatic N) is 1. The second kappa shape index (κ2) is 4.40. The molecule has 0 aliphatic rings. The predicted molar refractivity (Wildman–Crippen MR) is 57.1 cm³/mol. The Morgan fingerprint density at radius 2 is 2.00 bits per heavy atom. The third kappa shape index (κ3) is 2.76. The molecule has 0 unspecified atom stereocenters. The number of benzene rings is 1. The molecule has 0 saturated carbocycles. The smallest absolute Gasteiger partial charge is 0.272 e. The highest BCUT2D eigenvalue weighted by Gasteiger charge is 2.14. The number of hydrogen-bond donors (Lipinski definition) is 0. The highest BCUT2D eigenvalue weighted by Crippen LogP contribution is 2.23. The summed E-state index contributed by atoms with van der Waals surface area (Å²) in [4.78, 5) is 20.9. The van der Waals surface area contributed by atoms with E-state index in [2.05, 4.69) is 0 Å². The van der Waals surface area contributed by atoms with Crippen LogP contribution in [0.25, 0.3) is 0 Å². The van der Waals surface area contributed by atoms with Gasteiger partial charge in [0.05, 0.1) is 4.92 Å². The Kier molecular flexibility index (Phi) is 3.42. The molecule has 0 aliphatic carbocycles. The third-order valence-electron chi connectivity index (χ3n) is 2.18. The first-order chi connectivity index (χ1) is 6.91. The molecule has 0 saturated heterocycles. The van der Waals surface area contributed by atoms with Gasteiger partial charge in [-0.1, -0.05) is 0 Å². The van der Waals surface area contributed by atoms with Crippen molar-refractivity contribution < 1.29 is 9.72 Å².